The first-order chi connectivity index (χ1) is 11.5. The van der Waals surface area contributed by atoms with Crippen LogP contribution in [0.2, 0.25) is 0 Å². The first-order valence-corrected chi connectivity index (χ1v) is 8.61. The molecule has 1 unspecified atom stereocenters. The van der Waals surface area contributed by atoms with Crippen LogP contribution in [0, 0.1) is 5.82 Å². The third kappa shape index (κ3) is 4.08. The Bertz CT molecular complexity index is 754. The van der Waals surface area contributed by atoms with Crippen LogP contribution >= 0.6 is 23.7 Å². The van der Waals surface area contributed by atoms with Gasteiger partial charge in [0.25, 0.3) is 5.91 Å². The van der Waals surface area contributed by atoms with Crippen molar-refractivity contribution in [1.29, 1.82) is 0 Å². The van der Waals surface area contributed by atoms with Gasteiger partial charge >= 0.3 is 0 Å². The van der Waals surface area contributed by atoms with E-state index >= 15 is 0 Å². The average Bonchev–Trinajstić information content (AvgIpc) is 3.04. The quantitative estimate of drug-likeness (QED) is 0.878. The summed E-state index contributed by atoms with van der Waals surface area (Å²) < 4.78 is 14.3. The van der Waals surface area contributed by atoms with E-state index in [4.69, 9.17) is 0 Å². The van der Waals surface area contributed by atoms with Crippen molar-refractivity contribution in [2.24, 2.45) is 0 Å². The molecule has 1 aromatic carbocycles. The summed E-state index contributed by atoms with van der Waals surface area (Å²) >= 11 is 1.44. The van der Waals surface area contributed by atoms with Crippen molar-refractivity contribution < 1.29 is 9.18 Å². The van der Waals surface area contributed by atoms with Gasteiger partial charge in [-0.3, -0.25) is 4.79 Å². The molecule has 0 aliphatic carbocycles. The number of nitrogens with one attached hydrogen (secondary N) is 1. The van der Waals surface area contributed by atoms with Crippen molar-refractivity contribution in [2.45, 2.75) is 13.0 Å². The predicted octanol–water partition coefficient (Wildman–Crippen LogP) is 2.27. The second-order valence-electron chi connectivity index (χ2n) is 6.03. The molecule has 2 aromatic rings. The van der Waals surface area contributed by atoms with Gasteiger partial charge in [0, 0.05) is 45.3 Å². The van der Waals surface area contributed by atoms with Crippen molar-refractivity contribution in [3.05, 3.63) is 29.6 Å². The highest BCUT2D eigenvalue weighted by atomic mass is 35.5. The van der Waals surface area contributed by atoms with Crippen LogP contribution in [0.1, 0.15) is 17.3 Å². The van der Waals surface area contributed by atoms with Crippen LogP contribution in [0.25, 0.3) is 10.6 Å². The zero-order valence-corrected chi connectivity index (χ0v) is 16.0. The third-order valence-electron chi connectivity index (χ3n) is 4.01. The second kappa shape index (κ2) is 8.07. The van der Waals surface area contributed by atoms with Crippen LogP contribution in [0.5, 0.6) is 0 Å². The summed E-state index contributed by atoms with van der Waals surface area (Å²) in [5, 5.41) is 13.3. The molecule has 1 saturated heterocycles. The molecule has 1 atom stereocenters. The van der Waals surface area contributed by atoms with Gasteiger partial charge in [0.2, 0.25) is 5.13 Å². The number of hydrogen-bond acceptors (Lipinski definition) is 6. The lowest BCUT2D eigenvalue weighted by Crippen LogP contribution is -2.49. The molecule has 25 heavy (non-hydrogen) atoms. The Kier molecular flexibility index (Phi) is 6.31. The van der Waals surface area contributed by atoms with E-state index in [0.717, 1.165) is 24.8 Å². The average molecular weight is 386 g/mol. The van der Waals surface area contributed by atoms with Crippen LogP contribution in [-0.2, 0) is 0 Å². The molecule has 3 rings (SSSR count). The maximum Gasteiger partial charge on any atom is 0.256 e. The molecule has 1 N–H and O–H groups in total. The number of piperazine rings is 1. The zero-order valence-electron chi connectivity index (χ0n) is 14.3. The van der Waals surface area contributed by atoms with Crippen LogP contribution < -0.4 is 10.2 Å². The van der Waals surface area contributed by atoms with E-state index in [1.54, 1.807) is 20.2 Å². The number of amides is 1. The fraction of sp³-hybridized carbons (Fsp3) is 0.438. The fourth-order valence-electron chi connectivity index (χ4n) is 2.64. The van der Waals surface area contributed by atoms with Crippen molar-refractivity contribution in [3.8, 4) is 10.6 Å². The minimum atomic E-state index is -0.543. The molecule has 136 valence electrons. The minimum absolute atomic E-state index is 0. The molecule has 1 aliphatic heterocycles. The van der Waals surface area contributed by atoms with E-state index in [0.29, 0.717) is 16.6 Å². The summed E-state index contributed by atoms with van der Waals surface area (Å²) in [5.74, 6) is -0.898. The first-order valence-electron chi connectivity index (χ1n) is 7.80. The molecule has 1 amide bonds. The van der Waals surface area contributed by atoms with Crippen molar-refractivity contribution in [1.82, 2.24) is 20.4 Å². The highest BCUT2D eigenvalue weighted by molar-refractivity contribution is 7.18. The number of carbonyl (C=O) groups excluding carboxylic acids is 1. The Morgan fingerprint density at radius 2 is 2.16 bits per heavy atom. The zero-order chi connectivity index (χ0) is 17.3. The van der Waals surface area contributed by atoms with E-state index in [1.165, 1.54) is 28.4 Å². The molecule has 0 saturated carbocycles. The Labute approximate surface area is 156 Å². The normalized spacial score (nSPS) is 17.1. The molecule has 2 heterocycles. The van der Waals surface area contributed by atoms with Crippen LogP contribution in [-0.4, -0.2) is 60.8 Å². The Morgan fingerprint density at radius 1 is 1.40 bits per heavy atom. The molecule has 0 bridgehead atoms. The smallest absolute Gasteiger partial charge is 0.256 e. The van der Waals surface area contributed by atoms with Gasteiger partial charge in [-0.2, -0.15) is 0 Å². The topological polar surface area (TPSA) is 61.4 Å². The molecule has 6 nitrogen and oxygen atoms in total. The molecule has 1 aliphatic rings. The predicted molar refractivity (Wildman–Crippen MR) is 100 cm³/mol. The van der Waals surface area contributed by atoms with Gasteiger partial charge in [0.05, 0.1) is 5.56 Å². The van der Waals surface area contributed by atoms with Crippen LogP contribution in [0.3, 0.4) is 0 Å². The third-order valence-corrected chi connectivity index (χ3v) is 5.02. The largest absolute Gasteiger partial charge is 0.345 e. The maximum absolute atomic E-state index is 14.3. The highest BCUT2D eigenvalue weighted by Gasteiger charge is 2.22. The molecular formula is C16H21ClFN5OS. The Hall–Kier alpha value is -1.77. The van der Waals surface area contributed by atoms with E-state index < -0.39 is 5.82 Å². The van der Waals surface area contributed by atoms with Crippen molar-refractivity contribution in [2.75, 3.05) is 38.6 Å². The summed E-state index contributed by atoms with van der Waals surface area (Å²) in [6.45, 7) is 4.83. The Morgan fingerprint density at radius 3 is 2.80 bits per heavy atom. The van der Waals surface area contributed by atoms with Gasteiger partial charge in [-0.15, -0.1) is 22.6 Å². The molecular weight excluding hydrogens is 365 g/mol. The van der Waals surface area contributed by atoms with Gasteiger partial charge < -0.3 is 15.1 Å². The summed E-state index contributed by atoms with van der Waals surface area (Å²) in [6.07, 6.45) is 0. The summed E-state index contributed by atoms with van der Waals surface area (Å²) in [5.41, 5.74) is 0.693. The lowest BCUT2D eigenvalue weighted by Gasteiger charge is -2.33. The van der Waals surface area contributed by atoms with E-state index in [2.05, 4.69) is 27.3 Å². The molecule has 0 radical (unpaired) electrons. The number of aromatic nitrogens is 2. The van der Waals surface area contributed by atoms with Crippen molar-refractivity contribution in [3.63, 3.8) is 0 Å². The number of rotatable bonds is 3. The number of carbonyl (C=O) groups is 1. The lowest BCUT2D eigenvalue weighted by atomic mass is 10.1. The monoisotopic (exact) mass is 385 g/mol. The molecule has 9 heteroatoms. The van der Waals surface area contributed by atoms with Crippen LogP contribution in [0.4, 0.5) is 9.52 Å². The number of benzene rings is 1. The van der Waals surface area contributed by atoms with Gasteiger partial charge in [-0.25, -0.2) is 4.39 Å². The van der Waals surface area contributed by atoms with E-state index in [1.807, 2.05) is 0 Å². The number of anilines is 1. The standard InChI is InChI=1S/C16H20FN5OS.ClH/c1-10-9-18-6-7-22(10)16-20-19-14(24-16)11-4-5-12(13(17)8-11)15(23)21(2)3;/h4-5,8,10,18H,6-7,9H2,1-3H3;1H. The van der Waals surface area contributed by atoms with Gasteiger partial charge in [-0.05, 0) is 19.1 Å². The summed E-state index contributed by atoms with van der Waals surface area (Å²) in [7, 11) is 3.20. The van der Waals surface area contributed by atoms with Gasteiger partial charge in [-0.1, -0.05) is 17.4 Å². The van der Waals surface area contributed by atoms with E-state index in [-0.39, 0.29) is 23.9 Å². The van der Waals surface area contributed by atoms with Crippen molar-refractivity contribution >= 4 is 34.8 Å². The summed E-state index contributed by atoms with van der Waals surface area (Å²) in [6, 6.07) is 4.91. The first kappa shape index (κ1) is 19.6. The Balaban J connectivity index is 0.00000225. The summed E-state index contributed by atoms with van der Waals surface area (Å²) in [4.78, 5) is 15.5. The van der Waals surface area contributed by atoms with Gasteiger partial charge in [0.1, 0.15) is 10.8 Å². The van der Waals surface area contributed by atoms with E-state index in [9.17, 15) is 9.18 Å². The lowest BCUT2D eigenvalue weighted by molar-refractivity contribution is 0.0823. The number of nitrogens with zero attached hydrogens (tertiary/aromatic N) is 4. The minimum Gasteiger partial charge on any atom is -0.345 e. The second-order valence-corrected chi connectivity index (χ2v) is 6.99. The SMILES string of the molecule is CC1CNCCN1c1nnc(-c2ccc(C(=O)N(C)C)c(F)c2)s1.Cl. The fourth-order valence-corrected chi connectivity index (χ4v) is 3.61. The van der Waals surface area contributed by atoms with Crippen LogP contribution in [0.15, 0.2) is 18.2 Å². The van der Waals surface area contributed by atoms with Gasteiger partial charge in [0.15, 0.2) is 0 Å². The molecule has 1 aromatic heterocycles. The molecule has 0 spiro atoms. The number of halogens is 2. The highest BCUT2D eigenvalue weighted by Crippen LogP contribution is 2.31. The molecule has 1 fully saturated rings. The number of hydrogen-bond donors (Lipinski definition) is 1. The maximum atomic E-state index is 14.3.